The number of anilines is 1. The first-order valence-corrected chi connectivity index (χ1v) is 4.73. The van der Waals surface area contributed by atoms with Gasteiger partial charge in [-0.25, -0.2) is 0 Å². The topological polar surface area (TPSA) is 82.0 Å². The Hall–Kier alpha value is -1.40. The molecule has 0 saturated carbocycles. The van der Waals surface area contributed by atoms with Gasteiger partial charge in [0.2, 0.25) is 0 Å². The van der Waals surface area contributed by atoms with Crippen LogP contribution in [0.1, 0.15) is 0 Å². The van der Waals surface area contributed by atoms with E-state index in [1.54, 1.807) is 0 Å². The molecule has 2 aromatic rings. The zero-order valence-corrected chi connectivity index (χ0v) is 8.30. The Morgan fingerprint density at radius 1 is 1.57 bits per heavy atom. The zero-order chi connectivity index (χ0) is 10.3. The van der Waals surface area contributed by atoms with Crippen molar-refractivity contribution in [2.45, 2.75) is 0 Å². The van der Waals surface area contributed by atoms with E-state index in [1.165, 1.54) is 12.1 Å². The van der Waals surface area contributed by atoms with E-state index in [2.05, 4.69) is 4.37 Å². The number of hydrogen-bond donors (Lipinski definition) is 1. The molecule has 1 aromatic heterocycles. The van der Waals surface area contributed by atoms with Crippen LogP contribution in [0.2, 0.25) is 5.02 Å². The Morgan fingerprint density at radius 2 is 2.29 bits per heavy atom. The number of rotatable bonds is 1. The van der Waals surface area contributed by atoms with E-state index in [9.17, 15) is 10.1 Å². The minimum Gasteiger partial charge on any atom is -0.389 e. The number of hydrogen-bond acceptors (Lipinski definition) is 5. The molecule has 0 bridgehead atoms. The second-order valence-corrected chi connectivity index (χ2v) is 3.84. The number of nitro benzene ring substituents is 1. The van der Waals surface area contributed by atoms with Crippen molar-refractivity contribution in [3.8, 4) is 0 Å². The molecular weight excluding hydrogens is 226 g/mol. The van der Waals surface area contributed by atoms with Crippen LogP contribution in [0.3, 0.4) is 0 Å². The van der Waals surface area contributed by atoms with E-state index in [4.69, 9.17) is 17.3 Å². The lowest BCUT2D eigenvalue weighted by molar-refractivity contribution is -0.384. The summed E-state index contributed by atoms with van der Waals surface area (Å²) in [6, 6.07) is 2.64. The lowest BCUT2D eigenvalue weighted by Gasteiger charge is -1.94. The Kier molecular flexibility index (Phi) is 2.01. The summed E-state index contributed by atoms with van der Waals surface area (Å²) in [7, 11) is 0. The number of benzene rings is 1. The summed E-state index contributed by atoms with van der Waals surface area (Å²) in [5.41, 5.74) is 6.03. The van der Waals surface area contributed by atoms with Crippen molar-refractivity contribution in [1.29, 1.82) is 0 Å². The Morgan fingerprint density at radius 3 is 2.93 bits per heavy atom. The minimum atomic E-state index is -0.511. The van der Waals surface area contributed by atoms with Crippen molar-refractivity contribution in [3.05, 3.63) is 27.3 Å². The smallest absolute Gasteiger partial charge is 0.271 e. The fraction of sp³-hybridized carbons (Fsp3) is 0. The van der Waals surface area contributed by atoms with Crippen LogP contribution >= 0.6 is 23.1 Å². The van der Waals surface area contributed by atoms with Gasteiger partial charge in [-0.1, -0.05) is 11.6 Å². The first kappa shape index (κ1) is 9.17. The molecule has 5 nitrogen and oxygen atoms in total. The van der Waals surface area contributed by atoms with Crippen LogP contribution in [0.4, 0.5) is 10.7 Å². The Labute approximate surface area is 87.4 Å². The van der Waals surface area contributed by atoms with Gasteiger partial charge in [0.1, 0.15) is 10.5 Å². The van der Waals surface area contributed by atoms with E-state index >= 15 is 0 Å². The molecule has 0 aliphatic carbocycles. The normalized spacial score (nSPS) is 10.6. The summed E-state index contributed by atoms with van der Waals surface area (Å²) in [5, 5.41) is 11.7. The van der Waals surface area contributed by atoms with Crippen LogP contribution in [-0.2, 0) is 0 Å². The number of non-ortho nitro benzene ring substituents is 1. The maximum Gasteiger partial charge on any atom is 0.271 e. The number of nitrogens with zero attached hydrogens (tertiary/aromatic N) is 2. The molecule has 1 heterocycles. The van der Waals surface area contributed by atoms with Gasteiger partial charge in [-0.2, -0.15) is 4.37 Å². The van der Waals surface area contributed by atoms with E-state index < -0.39 is 4.92 Å². The second-order valence-electron chi connectivity index (χ2n) is 2.63. The molecule has 0 unspecified atom stereocenters. The minimum absolute atomic E-state index is 0.0746. The van der Waals surface area contributed by atoms with Crippen LogP contribution in [0.5, 0.6) is 0 Å². The zero-order valence-electron chi connectivity index (χ0n) is 6.73. The fourth-order valence-electron chi connectivity index (χ4n) is 1.11. The van der Waals surface area contributed by atoms with Crippen molar-refractivity contribution >= 4 is 44.7 Å². The summed E-state index contributed by atoms with van der Waals surface area (Å²) < 4.78 is 3.98. The molecule has 0 spiro atoms. The number of halogens is 1. The molecule has 14 heavy (non-hydrogen) atoms. The van der Waals surface area contributed by atoms with Crippen molar-refractivity contribution in [1.82, 2.24) is 4.37 Å². The highest BCUT2D eigenvalue weighted by atomic mass is 35.5. The molecular formula is C7H4ClN3O2S. The quantitative estimate of drug-likeness (QED) is 0.601. The van der Waals surface area contributed by atoms with Crippen molar-refractivity contribution < 1.29 is 4.92 Å². The van der Waals surface area contributed by atoms with Gasteiger partial charge in [-0.3, -0.25) is 10.1 Å². The molecule has 72 valence electrons. The molecule has 0 aliphatic rings. The second kappa shape index (κ2) is 3.07. The van der Waals surface area contributed by atoms with Gasteiger partial charge in [0.05, 0.1) is 9.95 Å². The Bertz CT molecular complexity index is 525. The summed E-state index contributed by atoms with van der Waals surface area (Å²) >= 11 is 6.88. The van der Waals surface area contributed by atoms with Gasteiger partial charge in [0, 0.05) is 17.5 Å². The SMILES string of the molecule is Nc1snc2c(Cl)cc([N+](=O)[O-])cc12. The molecule has 2 N–H and O–H groups in total. The molecule has 7 heteroatoms. The third-order valence-electron chi connectivity index (χ3n) is 1.76. The van der Waals surface area contributed by atoms with Gasteiger partial charge >= 0.3 is 0 Å². The highest BCUT2D eigenvalue weighted by Crippen LogP contribution is 2.33. The van der Waals surface area contributed by atoms with Crippen molar-refractivity contribution in [2.24, 2.45) is 0 Å². The summed E-state index contributed by atoms with van der Waals surface area (Å²) in [5.74, 6) is 0. The van der Waals surface area contributed by atoms with Crippen molar-refractivity contribution in [3.63, 3.8) is 0 Å². The number of nitro groups is 1. The van der Waals surface area contributed by atoms with Crippen molar-refractivity contribution in [2.75, 3.05) is 5.73 Å². The third kappa shape index (κ3) is 1.28. The number of fused-ring (bicyclic) bond motifs is 1. The van der Waals surface area contributed by atoms with E-state index in [0.717, 1.165) is 11.5 Å². The monoisotopic (exact) mass is 229 g/mol. The predicted molar refractivity (Wildman–Crippen MR) is 55.7 cm³/mol. The molecule has 0 saturated heterocycles. The van der Waals surface area contributed by atoms with E-state index in [-0.39, 0.29) is 10.7 Å². The molecule has 2 rings (SSSR count). The first-order chi connectivity index (χ1) is 6.59. The van der Waals surface area contributed by atoms with Crippen LogP contribution in [0.25, 0.3) is 10.9 Å². The lowest BCUT2D eigenvalue weighted by atomic mass is 10.2. The van der Waals surface area contributed by atoms with Gasteiger partial charge in [0.25, 0.3) is 5.69 Å². The molecule has 0 fully saturated rings. The lowest BCUT2D eigenvalue weighted by Crippen LogP contribution is -1.88. The van der Waals surface area contributed by atoms with Crippen LogP contribution in [0, 0.1) is 10.1 Å². The van der Waals surface area contributed by atoms with Crippen LogP contribution in [0.15, 0.2) is 12.1 Å². The molecule has 0 radical (unpaired) electrons. The molecule has 0 aliphatic heterocycles. The van der Waals surface area contributed by atoms with Gasteiger partial charge < -0.3 is 5.73 Å². The van der Waals surface area contributed by atoms with E-state index in [0.29, 0.717) is 15.9 Å². The number of nitrogen functional groups attached to an aromatic ring is 1. The van der Waals surface area contributed by atoms with Crippen LogP contribution < -0.4 is 5.73 Å². The maximum absolute atomic E-state index is 10.5. The standard InChI is InChI=1S/C7H4ClN3O2S/c8-5-2-3(11(12)13)1-4-6(5)10-14-7(4)9/h1-2H,9H2. The van der Waals surface area contributed by atoms with E-state index in [1.807, 2.05) is 0 Å². The number of aromatic nitrogens is 1. The predicted octanol–water partition coefficient (Wildman–Crippen LogP) is 2.44. The summed E-state index contributed by atoms with van der Waals surface area (Å²) in [4.78, 5) is 10.0. The molecule has 0 amide bonds. The molecule has 0 atom stereocenters. The largest absolute Gasteiger partial charge is 0.389 e. The molecule has 1 aromatic carbocycles. The summed E-state index contributed by atoms with van der Waals surface area (Å²) in [6.07, 6.45) is 0. The van der Waals surface area contributed by atoms with Gasteiger partial charge in [-0.05, 0) is 11.5 Å². The Balaban J connectivity index is 2.82. The average Bonchev–Trinajstić information content (AvgIpc) is 2.48. The maximum atomic E-state index is 10.5. The van der Waals surface area contributed by atoms with Gasteiger partial charge in [-0.15, -0.1) is 0 Å². The number of nitrogens with two attached hydrogens (primary N) is 1. The first-order valence-electron chi connectivity index (χ1n) is 3.58. The highest BCUT2D eigenvalue weighted by Gasteiger charge is 2.14. The average molecular weight is 230 g/mol. The fourth-order valence-corrected chi connectivity index (χ4v) is 2.06. The summed E-state index contributed by atoms with van der Waals surface area (Å²) in [6.45, 7) is 0. The third-order valence-corrected chi connectivity index (χ3v) is 2.74. The highest BCUT2D eigenvalue weighted by molar-refractivity contribution is 7.11. The van der Waals surface area contributed by atoms with Gasteiger partial charge in [0.15, 0.2) is 0 Å². The van der Waals surface area contributed by atoms with Crippen LogP contribution in [-0.4, -0.2) is 9.30 Å².